The lowest BCUT2D eigenvalue weighted by atomic mass is 10.1. The molecule has 0 saturated carbocycles. The van der Waals surface area contributed by atoms with E-state index >= 15 is 0 Å². The third-order valence-corrected chi connectivity index (χ3v) is 4.31. The van der Waals surface area contributed by atoms with Crippen LogP contribution in [0.4, 0.5) is 0 Å². The number of hydrogen-bond donors (Lipinski definition) is 1. The molecule has 0 aliphatic rings. The predicted molar refractivity (Wildman–Crippen MR) is 104 cm³/mol. The van der Waals surface area contributed by atoms with Gasteiger partial charge in [0.15, 0.2) is 11.5 Å². The van der Waals surface area contributed by atoms with Gasteiger partial charge in [0, 0.05) is 18.9 Å². The minimum absolute atomic E-state index is 0.102. The Morgan fingerprint density at radius 3 is 2.71 bits per heavy atom. The number of oxazole rings is 1. The van der Waals surface area contributed by atoms with Crippen LogP contribution < -0.4 is 14.8 Å². The van der Waals surface area contributed by atoms with Gasteiger partial charge >= 0.3 is 0 Å². The Morgan fingerprint density at radius 1 is 1.18 bits per heavy atom. The zero-order chi connectivity index (χ0) is 19.9. The average Bonchev–Trinajstić information content (AvgIpc) is 3.08. The van der Waals surface area contributed by atoms with Crippen LogP contribution in [-0.2, 0) is 17.6 Å². The first kappa shape index (κ1) is 19.4. The van der Waals surface area contributed by atoms with E-state index in [4.69, 9.17) is 13.9 Å². The van der Waals surface area contributed by atoms with Crippen LogP contribution >= 0.6 is 0 Å². The van der Waals surface area contributed by atoms with Gasteiger partial charge in [-0.05, 0) is 43.2 Å². The number of pyridine rings is 1. The number of nitrogens with one attached hydrogen (secondary N) is 1. The Labute approximate surface area is 163 Å². The van der Waals surface area contributed by atoms with Crippen molar-refractivity contribution in [3.8, 4) is 23.0 Å². The summed E-state index contributed by atoms with van der Waals surface area (Å²) in [5.74, 6) is 2.36. The van der Waals surface area contributed by atoms with Crippen LogP contribution in [0.2, 0.25) is 0 Å². The van der Waals surface area contributed by atoms with Crippen LogP contribution in [-0.4, -0.2) is 36.6 Å². The van der Waals surface area contributed by atoms with Gasteiger partial charge in [0.1, 0.15) is 5.76 Å². The lowest BCUT2D eigenvalue weighted by molar-refractivity contribution is -0.120. The Morgan fingerprint density at radius 2 is 2.00 bits per heavy atom. The Balaban J connectivity index is 1.54. The van der Waals surface area contributed by atoms with Gasteiger partial charge in [-0.25, -0.2) is 4.98 Å². The number of hydrogen-bond acceptors (Lipinski definition) is 6. The molecule has 3 rings (SSSR count). The first-order valence-electron chi connectivity index (χ1n) is 8.95. The topological polar surface area (TPSA) is 86.5 Å². The van der Waals surface area contributed by atoms with E-state index in [1.807, 2.05) is 30.3 Å². The molecule has 0 radical (unpaired) electrons. The van der Waals surface area contributed by atoms with E-state index in [0.717, 1.165) is 11.1 Å². The summed E-state index contributed by atoms with van der Waals surface area (Å²) < 4.78 is 16.2. The van der Waals surface area contributed by atoms with Crippen LogP contribution in [0.3, 0.4) is 0 Å². The second kappa shape index (κ2) is 9.03. The highest BCUT2D eigenvalue weighted by atomic mass is 16.5. The highest BCUT2D eigenvalue weighted by Crippen LogP contribution is 2.27. The predicted octanol–water partition coefficient (Wildman–Crippen LogP) is 2.96. The van der Waals surface area contributed by atoms with Crippen molar-refractivity contribution >= 4 is 5.91 Å². The van der Waals surface area contributed by atoms with Crippen molar-refractivity contribution in [3.63, 3.8) is 0 Å². The molecule has 0 saturated heterocycles. The molecule has 0 unspecified atom stereocenters. The van der Waals surface area contributed by atoms with Gasteiger partial charge in [0.25, 0.3) is 0 Å². The van der Waals surface area contributed by atoms with Crippen molar-refractivity contribution in [1.29, 1.82) is 0 Å². The second-order valence-electron chi connectivity index (χ2n) is 6.23. The molecule has 0 aliphatic heterocycles. The first-order valence-corrected chi connectivity index (χ1v) is 8.95. The van der Waals surface area contributed by atoms with E-state index in [-0.39, 0.29) is 12.3 Å². The highest BCUT2D eigenvalue weighted by Gasteiger charge is 2.14. The van der Waals surface area contributed by atoms with E-state index in [2.05, 4.69) is 15.3 Å². The van der Waals surface area contributed by atoms with Gasteiger partial charge in [0.05, 0.1) is 31.9 Å². The molecule has 7 nitrogen and oxygen atoms in total. The molecule has 0 spiro atoms. The lowest BCUT2D eigenvalue weighted by Gasteiger charge is -2.10. The second-order valence-corrected chi connectivity index (χ2v) is 6.23. The van der Waals surface area contributed by atoms with Crippen molar-refractivity contribution in [3.05, 3.63) is 59.7 Å². The largest absolute Gasteiger partial charge is 0.493 e. The van der Waals surface area contributed by atoms with Gasteiger partial charge in [-0.2, -0.15) is 0 Å². The molecule has 3 aromatic rings. The molecule has 1 aromatic carbocycles. The molecular weight excluding hydrogens is 358 g/mol. The van der Waals surface area contributed by atoms with Crippen LogP contribution in [0.25, 0.3) is 11.5 Å². The highest BCUT2D eigenvalue weighted by molar-refractivity contribution is 5.78. The van der Waals surface area contributed by atoms with Crippen LogP contribution in [0.5, 0.6) is 11.5 Å². The van der Waals surface area contributed by atoms with Crippen LogP contribution in [0, 0.1) is 6.92 Å². The average molecular weight is 381 g/mol. The summed E-state index contributed by atoms with van der Waals surface area (Å²) in [6, 6.07) is 9.40. The number of methoxy groups -OCH3 is 2. The Bertz CT molecular complexity index is 938. The van der Waals surface area contributed by atoms with Gasteiger partial charge < -0.3 is 19.2 Å². The quantitative estimate of drug-likeness (QED) is 0.646. The minimum Gasteiger partial charge on any atom is -0.493 e. The molecule has 0 bridgehead atoms. The molecule has 7 heteroatoms. The van der Waals surface area contributed by atoms with Gasteiger partial charge in [-0.1, -0.05) is 6.07 Å². The number of carbonyl (C=O) groups is 1. The van der Waals surface area contributed by atoms with Crippen LogP contribution in [0.15, 0.2) is 47.1 Å². The van der Waals surface area contributed by atoms with Crippen molar-refractivity contribution in [2.45, 2.75) is 19.8 Å². The molecule has 1 N–H and O–H groups in total. The molecule has 0 aliphatic carbocycles. The zero-order valence-electron chi connectivity index (χ0n) is 16.2. The number of benzene rings is 1. The van der Waals surface area contributed by atoms with E-state index in [0.29, 0.717) is 41.8 Å². The number of aryl methyl sites for hydroxylation is 1. The number of ether oxygens (including phenoxy) is 2. The molecule has 2 aromatic heterocycles. The summed E-state index contributed by atoms with van der Waals surface area (Å²) in [4.78, 5) is 20.8. The molecule has 2 heterocycles. The SMILES string of the molecule is COc1ccc(CCNC(=O)Cc2nc(-c3cccnc3)oc2C)cc1OC. The smallest absolute Gasteiger partial charge is 0.228 e. The maximum Gasteiger partial charge on any atom is 0.228 e. The summed E-state index contributed by atoms with van der Waals surface area (Å²) in [5.41, 5.74) is 2.46. The summed E-state index contributed by atoms with van der Waals surface area (Å²) in [6.07, 6.45) is 4.22. The Kier molecular flexibility index (Phi) is 6.26. The van der Waals surface area contributed by atoms with Crippen molar-refractivity contribution in [2.24, 2.45) is 0 Å². The van der Waals surface area contributed by atoms with E-state index < -0.39 is 0 Å². The summed E-state index contributed by atoms with van der Waals surface area (Å²) >= 11 is 0. The monoisotopic (exact) mass is 381 g/mol. The number of nitrogens with zero attached hydrogens (tertiary/aromatic N) is 2. The van der Waals surface area contributed by atoms with Gasteiger partial charge in [-0.3, -0.25) is 9.78 Å². The number of rotatable bonds is 8. The fourth-order valence-electron chi connectivity index (χ4n) is 2.80. The number of aromatic nitrogens is 2. The first-order chi connectivity index (χ1) is 13.6. The van der Waals surface area contributed by atoms with E-state index in [1.54, 1.807) is 33.5 Å². The summed E-state index contributed by atoms with van der Waals surface area (Å²) in [5, 5.41) is 2.92. The molecule has 1 amide bonds. The normalized spacial score (nSPS) is 10.5. The number of carbonyl (C=O) groups excluding carboxylic acids is 1. The van der Waals surface area contributed by atoms with E-state index in [9.17, 15) is 4.79 Å². The van der Waals surface area contributed by atoms with Gasteiger partial charge in [-0.15, -0.1) is 0 Å². The molecule has 146 valence electrons. The fraction of sp³-hybridized carbons (Fsp3) is 0.286. The van der Waals surface area contributed by atoms with E-state index in [1.165, 1.54) is 0 Å². The molecule has 0 atom stereocenters. The zero-order valence-corrected chi connectivity index (χ0v) is 16.2. The maximum absolute atomic E-state index is 12.3. The maximum atomic E-state index is 12.3. The van der Waals surface area contributed by atoms with Gasteiger partial charge in [0.2, 0.25) is 11.8 Å². The summed E-state index contributed by atoms with van der Waals surface area (Å²) in [7, 11) is 3.20. The summed E-state index contributed by atoms with van der Waals surface area (Å²) in [6.45, 7) is 2.32. The van der Waals surface area contributed by atoms with Crippen LogP contribution in [0.1, 0.15) is 17.0 Å². The standard InChI is InChI=1S/C21H23N3O4/c1-14-17(24-21(28-14)16-5-4-9-22-13-16)12-20(25)23-10-8-15-6-7-18(26-2)19(11-15)27-3/h4-7,9,11,13H,8,10,12H2,1-3H3,(H,23,25). The number of amides is 1. The molecule has 0 fully saturated rings. The molecule has 28 heavy (non-hydrogen) atoms. The third-order valence-electron chi connectivity index (χ3n) is 4.31. The minimum atomic E-state index is -0.102. The third kappa shape index (κ3) is 4.68. The van der Waals surface area contributed by atoms with Crippen molar-refractivity contribution < 1.29 is 18.7 Å². The fourth-order valence-corrected chi connectivity index (χ4v) is 2.80. The Hall–Kier alpha value is -3.35. The lowest BCUT2D eigenvalue weighted by Crippen LogP contribution is -2.27. The molecular formula is C21H23N3O4. The van der Waals surface area contributed by atoms with Crippen molar-refractivity contribution in [1.82, 2.24) is 15.3 Å². The van der Waals surface area contributed by atoms with Crippen molar-refractivity contribution in [2.75, 3.05) is 20.8 Å².